The summed E-state index contributed by atoms with van der Waals surface area (Å²) in [5, 5.41) is 4.18. The largest absolute Gasteiger partial charge is 2.00 e. The van der Waals surface area contributed by atoms with Crippen LogP contribution in [0.15, 0.2) is 131 Å². The SMILES string of the molecule is Cc1cc(C)cc(P(c2cc(C)cc(C)c2)[C@@H](C)[c-]2cccc2P(c2ccco2)c2ccco2)c1.[Fe+2].c1cc[cH-]c1. The van der Waals surface area contributed by atoms with Crippen LogP contribution in [0.25, 0.3) is 0 Å². The average molecular weight is 618 g/mol. The number of hydrogen-bond acceptors (Lipinski definition) is 2. The van der Waals surface area contributed by atoms with Gasteiger partial charge in [0.15, 0.2) is 0 Å². The Balaban J connectivity index is 0.000000584. The molecular weight excluding hydrogens is 582 g/mol. The standard InChI is InChI=1S/C31H31O2P2.C5H5.Fe/c1-21-15-22(2)18-26(17-21)34(27-19-23(3)16-24(4)20-27)25(5)28-9-6-10-29(28)35(30-11-7-13-32-30)31-12-8-14-33-31;1-2-4-5-3-1;/h6-20,25H,1-5H3;1-5H;/q2*-1;+2/t25-;;/m0../s1. The Bertz CT molecular complexity index is 1470. The van der Waals surface area contributed by atoms with Gasteiger partial charge in [0.25, 0.3) is 0 Å². The van der Waals surface area contributed by atoms with Gasteiger partial charge in [-0.1, -0.05) is 65.6 Å². The predicted octanol–water partition coefficient (Wildman–Crippen LogP) is 8.18. The van der Waals surface area contributed by atoms with E-state index in [1.54, 1.807) is 12.5 Å². The number of furan rings is 2. The maximum Gasteiger partial charge on any atom is 2.00 e. The Morgan fingerprint density at radius 1 is 0.659 bits per heavy atom. The van der Waals surface area contributed by atoms with Crippen LogP contribution >= 0.6 is 15.8 Å². The van der Waals surface area contributed by atoms with E-state index >= 15 is 0 Å². The minimum atomic E-state index is -0.899. The summed E-state index contributed by atoms with van der Waals surface area (Å²) in [6.45, 7) is 11.2. The monoisotopic (exact) mass is 618 g/mol. The molecule has 0 radical (unpaired) electrons. The summed E-state index contributed by atoms with van der Waals surface area (Å²) in [6.07, 6.45) is 3.52. The maximum atomic E-state index is 5.94. The van der Waals surface area contributed by atoms with Gasteiger partial charge in [-0.25, -0.2) is 24.3 Å². The summed E-state index contributed by atoms with van der Waals surface area (Å²) >= 11 is 0. The fourth-order valence-electron chi connectivity index (χ4n) is 5.36. The summed E-state index contributed by atoms with van der Waals surface area (Å²) in [5.41, 5.74) is 8.93. The molecule has 2 aromatic heterocycles. The van der Waals surface area contributed by atoms with Crippen molar-refractivity contribution in [2.75, 3.05) is 0 Å². The predicted molar refractivity (Wildman–Crippen MR) is 174 cm³/mol. The van der Waals surface area contributed by atoms with Crippen molar-refractivity contribution in [3.63, 3.8) is 0 Å². The Morgan fingerprint density at radius 2 is 1.15 bits per heavy atom. The van der Waals surface area contributed by atoms with Crippen molar-refractivity contribution in [3.8, 4) is 0 Å². The number of hydrogen-bond donors (Lipinski definition) is 0. The van der Waals surface area contributed by atoms with E-state index in [0.717, 1.165) is 11.0 Å². The van der Waals surface area contributed by atoms with E-state index in [4.69, 9.17) is 8.83 Å². The third-order valence-corrected chi connectivity index (χ3v) is 11.8. The molecule has 2 nitrogen and oxygen atoms in total. The number of benzene rings is 2. The molecule has 0 amide bonds. The van der Waals surface area contributed by atoms with Crippen molar-refractivity contribution in [3.05, 3.63) is 150 Å². The van der Waals surface area contributed by atoms with Gasteiger partial charge >= 0.3 is 17.1 Å². The molecule has 0 N–H and O–H groups in total. The Hall–Kier alpha value is -2.92. The molecule has 0 aliphatic rings. The second-order valence-corrected chi connectivity index (χ2v) is 14.9. The van der Waals surface area contributed by atoms with Gasteiger partial charge < -0.3 is 8.83 Å². The molecule has 41 heavy (non-hydrogen) atoms. The fourth-order valence-corrected chi connectivity index (χ4v) is 10.8. The molecule has 0 spiro atoms. The Kier molecular flexibility index (Phi) is 10.8. The van der Waals surface area contributed by atoms with Crippen molar-refractivity contribution in [1.82, 2.24) is 0 Å². The second-order valence-electron chi connectivity index (χ2n) is 10.3. The van der Waals surface area contributed by atoms with E-state index in [2.05, 4.69) is 101 Å². The summed E-state index contributed by atoms with van der Waals surface area (Å²) < 4.78 is 11.9. The molecule has 0 aliphatic heterocycles. The van der Waals surface area contributed by atoms with Crippen LogP contribution in [-0.4, -0.2) is 0 Å². The number of aryl methyl sites for hydroxylation is 4. The molecule has 2 heterocycles. The van der Waals surface area contributed by atoms with Gasteiger partial charge in [-0.2, -0.15) is 24.3 Å². The van der Waals surface area contributed by atoms with E-state index in [9.17, 15) is 0 Å². The van der Waals surface area contributed by atoms with Crippen molar-refractivity contribution in [1.29, 1.82) is 0 Å². The number of rotatable bonds is 7. The fraction of sp³-hybridized carbons (Fsp3) is 0.167. The van der Waals surface area contributed by atoms with Crippen LogP contribution in [-0.2, 0) is 17.1 Å². The Morgan fingerprint density at radius 3 is 1.54 bits per heavy atom. The molecule has 0 fully saturated rings. The zero-order valence-electron chi connectivity index (χ0n) is 24.2. The van der Waals surface area contributed by atoms with E-state index in [-0.39, 0.29) is 17.1 Å². The van der Waals surface area contributed by atoms with Gasteiger partial charge in [-0.05, 0) is 76.2 Å². The third kappa shape index (κ3) is 7.48. The van der Waals surface area contributed by atoms with Crippen LogP contribution in [0.2, 0.25) is 0 Å². The van der Waals surface area contributed by atoms with Gasteiger partial charge in [0, 0.05) is 7.92 Å². The van der Waals surface area contributed by atoms with Crippen molar-refractivity contribution >= 4 is 42.8 Å². The van der Waals surface area contributed by atoms with Crippen molar-refractivity contribution < 1.29 is 25.9 Å². The molecule has 210 valence electrons. The summed E-state index contributed by atoms with van der Waals surface area (Å²) in [5.74, 6) is 0. The molecule has 0 unspecified atom stereocenters. The molecule has 0 saturated carbocycles. The molecule has 0 aliphatic carbocycles. The molecule has 0 bridgehead atoms. The first kappa shape index (κ1) is 31.0. The summed E-state index contributed by atoms with van der Waals surface area (Å²) in [6, 6.07) is 38.9. The van der Waals surface area contributed by atoms with Crippen LogP contribution in [0.5, 0.6) is 0 Å². The zero-order chi connectivity index (χ0) is 28.1. The van der Waals surface area contributed by atoms with Crippen LogP contribution < -0.4 is 26.9 Å². The van der Waals surface area contributed by atoms with E-state index in [0.29, 0.717) is 5.66 Å². The molecule has 1 atom stereocenters. The van der Waals surface area contributed by atoms with E-state index in [1.165, 1.54) is 43.7 Å². The third-order valence-electron chi connectivity index (χ3n) is 6.88. The van der Waals surface area contributed by atoms with Gasteiger partial charge in [0.1, 0.15) is 11.0 Å². The van der Waals surface area contributed by atoms with Gasteiger partial charge in [0.2, 0.25) is 0 Å². The molecular formula is C36H36FeO2P2. The maximum absolute atomic E-state index is 5.94. The van der Waals surface area contributed by atoms with Gasteiger partial charge in [-0.15, -0.1) is 10.9 Å². The summed E-state index contributed by atoms with van der Waals surface area (Å²) in [7, 11) is -1.53. The van der Waals surface area contributed by atoms with Crippen molar-refractivity contribution in [2.24, 2.45) is 0 Å². The second kappa shape index (κ2) is 14.3. The van der Waals surface area contributed by atoms with Crippen LogP contribution in [0.1, 0.15) is 40.4 Å². The van der Waals surface area contributed by atoms with E-state index in [1.807, 2.05) is 42.5 Å². The molecule has 6 rings (SSSR count). The molecule has 6 aromatic rings. The topological polar surface area (TPSA) is 26.3 Å². The minimum absolute atomic E-state index is 0. The quantitative estimate of drug-likeness (QED) is 0.103. The smallest absolute Gasteiger partial charge is 0.464 e. The van der Waals surface area contributed by atoms with Crippen molar-refractivity contribution in [2.45, 2.75) is 40.3 Å². The van der Waals surface area contributed by atoms with Crippen LogP contribution in [0, 0.1) is 27.7 Å². The molecule has 4 aromatic carbocycles. The van der Waals surface area contributed by atoms with Gasteiger partial charge in [0.05, 0.1) is 12.5 Å². The zero-order valence-corrected chi connectivity index (χ0v) is 27.1. The van der Waals surface area contributed by atoms with Crippen LogP contribution in [0.4, 0.5) is 0 Å². The molecule has 0 saturated heterocycles. The normalized spacial score (nSPS) is 11.7. The first-order valence-electron chi connectivity index (χ1n) is 13.7. The first-order valence-corrected chi connectivity index (χ1v) is 16.4. The van der Waals surface area contributed by atoms with Crippen LogP contribution in [0.3, 0.4) is 0 Å². The first-order chi connectivity index (χ1) is 19.4. The summed E-state index contributed by atoms with van der Waals surface area (Å²) in [4.78, 5) is 0. The Labute approximate surface area is 257 Å². The van der Waals surface area contributed by atoms with E-state index < -0.39 is 15.8 Å². The average Bonchev–Trinajstić information content (AvgIpc) is 3.74. The minimum Gasteiger partial charge on any atom is -0.464 e. The molecule has 5 heteroatoms. The van der Waals surface area contributed by atoms with Gasteiger partial charge in [-0.3, -0.25) is 0 Å².